The zero-order valence-corrected chi connectivity index (χ0v) is 22.6. The molecule has 1 fully saturated rings. The number of hydrogen-bond donors (Lipinski definition) is 1. The lowest BCUT2D eigenvalue weighted by Gasteiger charge is -2.45. The van der Waals surface area contributed by atoms with E-state index in [1.54, 1.807) is 6.92 Å². The van der Waals surface area contributed by atoms with E-state index in [-0.39, 0.29) is 37.0 Å². The first-order chi connectivity index (χ1) is 17.1. The number of rotatable bonds is 9. The molecule has 7 nitrogen and oxygen atoms in total. The number of hydrogen-bond acceptors (Lipinski definition) is 5. The summed E-state index contributed by atoms with van der Waals surface area (Å²) < 4.78 is 11.9. The number of benzene rings is 2. The molecule has 0 aromatic heterocycles. The van der Waals surface area contributed by atoms with Crippen molar-refractivity contribution in [3.05, 3.63) is 60.7 Å². The molecular weight excluding hydrogens is 474 g/mol. The van der Waals surface area contributed by atoms with Crippen LogP contribution >= 0.6 is 0 Å². The molecule has 36 heavy (non-hydrogen) atoms. The maximum Gasteiger partial charge on any atom is 0.407 e. The lowest BCUT2D eigenvalue weighted by molar-refractivity contribution is -0.146. The standard InChI is InChI=1S/C28H37NO6Si/c1-5-34-26(31)19-25(30)21-16-17-29(27(32)33)22(18-21)20-35-36(28(2,3)4,23-12-8-6-9-13-23)24-14-10-7-11-15-24/h6-15,21-22H,5,16-20H2,1-4H3,(H,32,33). The van der Waals surface area contributed by atoms with Crippen molar-refractivity contribution in [1.29, 1.82) is 0 Å². The number of ketones is 1. The Labute approximate surface area is 214 Å². The molecular formula is C28H37NO6Si. The molecule has 2 aromatic carbocycles. The van der Waals surface area contributed by atoms with Crippen LogP contribution in [0.1, 0.15) is 47.0 Å². The fraction of sp³-hybridized carbons (Fsp3) is 0.464. The summed E-state index contributed by atoms with van der Waals surface area (Å²) in [6, 6.07) is 19.8. The van der Waals surface area contributed by atoms with Crippen LogP contribution in [0.25, 0.3) is 0 Å². The van der Waals surface area contributed by atoms with Gasteiger partial charge in [-0.1, -0.05) is 81.4 Å². The zero-order chi connectivity index (χ0) is 26.3. The Morgan fingerprint density at radius 3 is 2.03 bits per heavy atom. The highest BCUT2D eigenvalue weighted by molar-refractivity contribution is 6.99. The number of carboxylic acid groups (broad SMARTS) is 1. The average molecular weight is 512 g/mol. The van der Waals surface area contributed by atoms with Crippen LogP contribution in [0.3, 0.4) is 0 Å². The summed E-state index contributed by atoms with van der Waals surface area (Å²) in [4.78, 5) is 38.1. The molecule has 1 aliphatic heterocycles. The van der Waals surface area contributed by atoms with Crippen molar-refractivity contribution < 1.29 is 28.7 Å². The molecule has 2 aromatic rings. The van der Waals surface area contributed by atoms with Gasteiger partial charge in [0.25, 0.3) is 8.32 Å². The van der Waals surface area contributed by atoms with E-state index in [1.165, 1.54) is 4.90 Å². The van der Waals surface area contributed by atoms with E-state index in [1.807, 2.05) is 36.4 Å². The molecule has 2 atom stereocenters. The molecule has 1 aliphatic rings. The Morgan fingerprint density at radius 2 is 1.56 bits per heavy atom. The summed E-state index contributed by atoms with van der Waals surface area (Å²) in [5.41, 5.74) is 0. The van der Waals surface area contributed by atoms with Gasteiger partial charge >= 0.3 is 12.1 Å². The predicted molar refractivity (Wildman–Crippen MR) is 141 cm³/mol. The van der Waals surface area contributed by atoms with Gasteiger partial charge in [0.15, 0.2) is 0 Å². The van der Waals surface area contributed by atoms with Crippen molar-refractivity contribution in [1.82, 2.24) is 4.90 Å². The Morgan fingerprint density at radius 1 is 1.00 bits per heavy atom. The quantitative estimate of drug-likeness (QED) is 0.312. The molecule has 0 aliphatic carbocycles. The molecule has 0 saturated carbocycles. The molecule has 1 heterocycles. The van der Waals surface area contributed by atoms with Crippen LogP contribution < -0.4 is 10.4 Å². The summed E-state index contributed by atoms with van der Waals surface area (Å²) in [7, 11) is -2.86. The summed E-state index contributed by atoms with van der Waals surface area (Å²) >= 11 is 0. The first-order valence-corrected chi connectivity index (χ1v) is 14.4. The zero-order valence-electron chi connectivity index (χ0n) is 21.6. The minimum absolute atomic E-state index is 0.169. The van der Waals surface area contributed by atoms with E-state index in [2.05, 4.69) is 45.0 Å². The summed E-state index contributed by atoms with van der Waals surface area (Å²) in [6.07, 6.45) is -0.598. The van der Waals surface area contributed by atoms with Gasteiger partial charge in [0.1, 0.15) is 12.2 Å². The van der Waals surface area contributed by atoms with Crippen molar-refractivity contribution >= 4 is 36.5 Å². The molecule has 194 valence electrons. The molecule has 8 heteroatoms. The normalized spacial score (nSPS) is 18.5. The number of nitrogens with zero attached hydrogens (tertiary/aromatic N) is 1. The number of likely N-dealkylation sites (tertiary alicyclic amines) is 1. The number of piperidine rings is 1. The van der Waals surface area contributed by atoms with E-state index >= 15 is 0 Å². The lowest BCUT2D eigenvalue weighted by atomic mass is 9.87. The minimum atomic E-state index is -2.86. The van der Waals surface area contributed by atoms with Crippen LogP contribution in [0.15, 0.2) is 60.7 Å². The monoisotopic (exact) mass is 511 g/mol. The highest BCUT2D eigenvalue weighted by Gasteiger charge is 2.51. The SMILES string of the molecule is CCOC(=O)CC(=O)C1CCN(C(=O)O)C(CO[Si](c2ccccc2)(c2ccccc2)C(C)(C)C)C1. The lowest BCUT2D eigenvalue weighted by Crippen LogP contribution is -2.67. The Balaban J connectivity index is 1.93. The van der Waals surface area contributed by atoms with Crippen LogP contribution in [0, 0.1) is 5.92 Å². The molecule has 2 unspecified atom stereocenters. The second-order valence-electron chi connectivity index (χ2n) is 10.3. The van der Waals surface area contributed by atoms with Crippen LogP contribution in [0.2, 0.25) is 5.04 Å². The predicted octanol–water partition coefficient (Wildman–Crippen LogP) is 3.84. The fourth-order valence-electron chi connectivity index (χ4n) is 5.23. The van der Waals surface area contributed by atoms with Crippen molar-refractivity contribution in [2.24, 2.45) is 5.92 Å². The maximum atomic E-state index is 12.8. The molecule has 0 bridgehead atoms. The van der Waals surface area contributed by atoms with Crippen molar-refractivity contribution in [3.8, 4) is 0 Å². The van der Waals surface area contributed by atoms with E-state index in [0.717, 1.165) is 10.4 Å². The topological polar surface area (TPSA) is 93.1 Å². The second-order valence-corrected chi connectivity index (χ2v) is 14.6. The van der Waals surface area contributed by atoms with Gasteiger partial charge in [-0.15, -0.1) is 0 Å². The van der Waals surface area contributed by atoms with Gasteiger partial charge in [0, 0.05) is 12.5 Å². The molecule has 3 rings (SSSR count). The second kappa shape index (κ2) is 11.8. The smallest absolute Gasteiger partial charge is 0.407 e. The van der Waals surface area contributed by atoms with Gasteiger partial charge in [-0.05, 0) is 35.2 Å². The van der Waals surface area contributed by atoms with Crippen LogP contribution in [-0.2, 0) is 18.8 Å². The van der Waals surface area contributed by atoms with E-state index < -0.39 is 32.3 Å². The highest BCUT2D eigenvalue weighted by Crippen LogP contribution is 2.37. The van der Waals surface area contributed by atoms with Gasteiger partial charge in [-0.3, -0.25) is 9.59 Å². The van der Waals surface area contributed by atoms with E-state index in [9.17, 15) is 19.5 Å². The first kappa shape index (κ1) is 27.6. The number of ether oxygens (including phenoxy) is 1. The summed E-state index contributed by atoms with van der Waals surface area (Å²) in [5, 5.41) is 11.9. The van der Waals surface area contributed by atoms with Gasteiger partial charge in [-0.2, -0.15) is 0 Å². The number of Topliss-reactive ketones (excluding diaryl/α,β-unsaturated/α-hetero) is 1. The largest absolute Gasteiger partial charge is 0.466 e. The van der Waals surface area contributed by atoms with Crippen molar-refractivity contribution in [2.45, 2.75) is 58.0 Å². The third-order valence-corrected chi connectivity index (χ3v) is 12.0. The Kier molecular flexibility index (Phi) is 9.08. The van der Waals surface area contributed by atoms with Gasteiger partial charge in [0.05, 0.1) is 19.3 Å². The maximum absolute atomic E-state index is 12.8. The van der Waals surface area contributed by atoms with E-state index in [4.69, 9.17) is 9.16 Å². The summed E-state index contributed by atoms with van der Waals surface area (Å²) in [5.74, 6) is -1.14. The highest BCUT2D eigenvalue weighted by atomic mass is 28.4. The number of esters is 1. The fourth-order valence-corrected chi connectivity index (χ4v) is 9.83. The third-order valence-electron chi connectivity index (χ3n) is 6.95. The van der Waals surface area contributed by atoms with Gasteiger partial charge in [-0.25, -0.2) is 4.79 Å². The van der Waals surface area contributed by atoms with Crippen LogP contribution in [0.5, 0.6) is 0 Å². The molecule has 1 amide bonds. The Bertz CT molecular complexity index is 998. The Hall–Kier alpha value is -2.97. The number of carbonyl (C=O) groups is 3. The average Bonchev–Trinajstić information content (AvgIpc) is 2.84. The minimum Gasteiger partial charge on any atom is -0.466 e. The molecule has 0 radical (unpaired) electrons. The van der Waals surface area contributed by atoms with Crippen molar-refractivity contribution in [2.75, 3.05) is 19.8 Å². The van der Waals surface area contributed by atoms with Crippen LogP contribution in [-0.4, -0.2) is 62.0 Å². The molecule has 1 saturated heterocycles. The van der Waals surface area contributed by atoms with Gasteiger partial charge in [0.2, 0.25) is 0 Å². The first-order valence-electron chi connectivity index (χ1n) is 12.5. The number of amides is 1. The van der Waals surface area contributed by atoms with Crippen LogP contribution in [0.4, 0.5) is 4.79 Å². The molecule has 1 N–H and O–H groups in total. The van der Waals surface area contributed by atoms with Crippen molar-refractivity contribution in [3.63, 3.8) is 0 Å². The number of carbonyl (C=O) groups excluding carboxylic acids is 2. The van der Waals surface area contributed by atoms with E-state index in [0.29, 0.717) is 12.8 Å². The third kappa shape index (κ3) is 6.05. The van der Waals surface area contributed by atoms with Gasteiger partial charge < -0.3 is 19.2 Å². The summed E-state index contributed by atoms with van der Waals surface area (Å²) in [6.45, 7) is 8.82. The molecule has 0 spiro atoms.